The topological polar surface area (TPSA) is 85.8 Å². The third-order valence-corrected chi connectivity index (χ3v) is 8.21. The molecule has 0 spiro atoms. The average molecular weight is 463 g/mol. The second-order valence-corrected chi connectivity index (χ2v) is 9.92. The number of hydrogen-bond acceptors (Lipinski definition) is 6. The number of alkyl halides is 1. The molecule has 4 heterocycles. The maximum Gasteiger partial charge on any atom is 0.330 e. The maximum atomic E-state index is 15.6. The van der Waals surface area contributed by atoms with Crippen LogP contribution in [0.1, 0.15) is 49.6 Å². The fourth-order valence-electron chi connectivity index (χ4n) is 4.78. The molecule has 3 fully saturated rings. The van der Waals surface area contributed by atoms with Gasteiger partial charge in [-0.15, -0.1) is 0 Å². The minimum absolute atomic E-state index is 0.106. The van der Waals surface area contributed by atoms with E-state index in [0.717, 1.165) is 29.5 Å². The van der Waals surface area contributed by atoms with Crippen LogP contribution < -0.4 is 11.2 Å². The van der Waals surface area contributed by atoms with Crippen LogP contribution in [0.2, 0.25) is 0 Å². The van der Waals surface area contributed by atoms with Crippen LogP contribution in [-0.2, 0) is 13.8 Å². The van der Waals surface area contributed by atoms with Crippen LogP contribution in [0.4, 0.5) is 4.39 Å². The van der Waals surface area contributed by atoms with Crippen molar-refractivity contribution in [2.24, 2.45) is 0 Å². The molecule has 7 atom stereocenters. The summed E-state index contributed by atoms with van der Waals surface area (Å²) in [5.74, 6) is 0. The van der Waals surface area contributed by atoms with Gasteiger partial charge < -0.3 is 13.8 Å². The molecule has 2 aromatic rings. The Balaban J connectivity index is 1.38. The Kier molecular flexibility index (Phi) is 6.03. The number of aromatic nitrogens is 2. The first kappa shape index (κ1) is 21.9. The van der Waals surface area contributed by atoms with Gasteiger partial charge in [-0.1, -0.05) is 37.3 Å². The van der Waals surface area contributed by atoms with Crippen LogP contribution in [0.5, 0.6) is 0 Å². The van der Waals surface area contributed by atoms with Crippen molar-refractivity contribution in [2.45, 2.75) is 69.9 Å². The van der Waals surface area contributed by atoms with E-state index in [4.69, 9.17) is 13.8 Å². The van der Waals surface area contributed by atoms with E-state index in [2.05, 4.69) is 9.65 Å². The van der Waals surface area contributed by atoms with Gasteiger partial charge in [0.25, 0.3) is 14.1 Å². The molecular weight excluding hydrogens is 436 g/mol. The van der Waals surface area contributed by atoms with E-state index in [1.807, 2.05) is 37.3 Å². The summed E-state index contributed by atoms with van der Waals surface area (Å²) in [5, 5.41) is 0. The van der Waals surface area contributed by atoms with Crippen molar-refractivity contribution in [3.05, 3.63) is 68.5 Å². The van der Waals surface area contributed by atoms with Crippen molar-refractivity contribution >= 4 is 8.53 Å². The third-order valence-electron chi connectivity index (χ3n) is 6.46. The number of halogens is 1. The lowest BCUT2D eigenvalue weighted by atomic mass is 10.0. The zero-order valence-electron chi connectivity index (χ0n) is 18.0. The first-order valence-electron chi connectivity index (χ1n) is 11.0. The molecule has 0 radical (unpaired) electrons. The number of aromatic amines is 1. The SMILES string of the molecule is CC[C@H]1O[C@@H](n2cc(C)c(=O)[nH]c2=O)[C@@H](F)C1O[P@@]1O[C@H](c2ccccc2)[C@@H]2CCCN21. The summed E-state index contributed by atoms with van der Waals surface area (Å²) in [6.45, 7) is 4.31. The van der Waals surface area contributed by atoms with Gasteiger partial charge in [0.2, 0.25) is 0 Å². The number of benzene rings is 1. The van der Waals surface area contributed by atoms with E-state index in [-0.39, 0.29) is 12.1 Å². The average Bonchev–Trinajstić information content (AvgIpc) is 3.47. The predicted octanol–water partition coefficient (Wildman–Crippen LogP) is 3.34. The quantitative estimate of drug-likeness (QED) is 0.685. The van der Waals surface area contributed by atoms with E-state index in [1.165, 1.54) is 6.20 Å². The molecule has 1 N–H and O–H groups in total. The van der Waals surface area contributed by atoms with Gasteiger partial charge in [0, 0.05) is 24.3 Å². The Bertz CT molecular complexity index is 1080. The van der Waals surface area contributed by atoms with Gasteiger partial charge in [-0.25, -0.2) is 13.9 Å². The summed E-state index contributed by atoms with van der Waals surface area (Å²) < 4.78 is 37.5. The Morgan fingerprint density at radius 1 is 1.28 bits per heavy atom. The molecule has 1 aromatic heterocycles. The molecule has 3 saturated heterocycles. The maximum absolute atomic E-state index is 15.6. The highest BCUT2D eigenvalue weighted by atomic mass is 31.2. The van der Waals surface area contributed by atoms with Gasteiger partial charge in [-0.2, -0.15) is 0 Å². The molecule has 3 aliphatic rings. The molecule has 1 unspecified atom stereocenters. The second-order valence-electron chi connectivity index (χ2n) is 8.51. The summed E-state index contributed by atoms with van der Waals surface area (Å²) in [4.78, 5) is 26.2. The number of nitrogens with zero attached hydrogens (tertiary/aromatic N) is 2. The van der Waals surface area contributed by atoms with Gasteiger partial charge in [0.15, 0.2) is 12.4 Å². The highest BCUT2D eigenvalue weighted by Gasteiger charge is 2.53. The molecule has 0 amide bonds. The lowest BCUT2D eigenvalue weighted by molar-refractivity contribution is -0.0270. The summed E-state index contributed by atoms with van der Waals surface area (Å²) >= 11 is 0. The number of hydrogen-bond donors (Lipinski definition) is 1. The lowest BCUT2D eigenvalue weighted by Gasteiger charge is -2.26. The number of ether oxygens (including phenoxy) is 1. The zero-order valence-corrected chi connectivity index (χ0v) is 18.9. The molecule has 8 nitrogen and oxygen atoms in total. The van der Waals surface area contributed by atoms with E-state index in [9.17, 15) is 9.59 Å². The third kappa shape index (κ3) is 3.76. The summed E-state index contributed by atoms with van der Waals surface area (Å²) in [7, 11) is -1.46. The molecule has 3 aliphatic heterocycles. The molecule has 1 aromatic carbocycles. The zero-order chi connectivity index (χ0) is 22.4. The molecular formula is C22H27FN3O5P. The predicted molar refractivity (Wildman–Crippen MR) is 117 cm³/mol. The van der Waals surface area contributed by atoms with Crippen molar-refractivity contribution < 1.29 is 18.2 Å². The Morgan fingerprint density at radius 3 is 2.81 bits per heavy atom. The van der Waals surface area contributed by atoms with Crippen LogP contribution in [0.3, 0.4) is 0 Å². The summed E-state index contributed by atoms with van der Waals surface area (Å²) in [5.41, 5.74) is 0.217. The number of nitrogens with one attached hydrogen (secondary N) is 1. The highest BCUT2D eigenvalue weighted by Crippen LogP contribution is 2.61. The van der Waals surface area contributed by atoms with E-state index in [1.54, 1.807) is 6.92 Å². The van der Waals surface area contributed by atoms with Crippen LogP contribution in [0, 0.1) is 6.92 Å². The molecule has 32 heavy (non-hydrogen) atoms. The highest BCUT2D eigenvalue weighted by molar-refractivity contribution is 7.45. The number of fused-ring (bicyclic) bond motifs is 1. The smallest absolute Gasteiger partial charge is 0.330 e. The van der Waals surface area contributed by atoms with Crippen LogP contribution in [0.15, 0.2) is 46.1 Å². The monoisotopic (exact) mass is 463 g/mol. The van der Waals surface area contributed by atoms with Crippen molar-refractivity contribution in [1.82, 2.24) is 14.2 Å². The summed E-state index contributed by atoms with van der Waals surface area (Å²) in [6.07, 6.45) is -0.330. The van der Waals surface area contributed by atoms with E-state index in [0.29, 0.717) is 12.0 Å². The van der Waals surface area contributed by atoms with Gasteiger partial charge in [0.05, 0.1) is 6.10 Å². The number of H-pyrrole nitrogens is 1. The fraction of sp³-hybridized carbons (Fsp3) is 0.545. The lowest BCUT2D eigenvalue weighted by Crippen LogP contribution is -2.37. The molecule has 5 rings (SSSR count). The van der Waals surface area contributed by atoms with Gasteiger partial charge in [-0.3, -0.25) is 14.3 Å². The molecule has 10 heteroatoms. The largest absolute Gasteiger partial charge is 0.349 e. The molecule has 172 valence electrons. The minimum Gasteiger partial charge on any atom is -0.349 e. The summed E-state index contributed by atoms with van der Waals surface area (Å²) in [6, 6.07) is 10.3. The van der Waals surface area contributed by atoms with Crippen LogP contribution >= 0.6 is 8.53 Å². The van der Waals surface area contributed by atoms with Crippen molar-refractivity contribution in [3.8, 4) is 0 Å². The number of rotatable bonds is 5. The molecule has 0 bridgehead atoms. The first-order valence-corrected chi connectivity index (χ1v) is 12.2. The Hall–Kier alpha value is -1.90. The normalized spacial score (nSPS) is 34.8. The Labute approximate surface area is 186 Å². The van der Waals surface area contributed by atoms with Crippen molar-refractivity contribution in [3.63, 3.8) is 0 Å². The van der Waals surface area contributed by atoms with Crippen molar-refractivity contribution in [1.29, 1.82) is 0 Å². The first-order chi connectivity index (χ1) is 15.5. The minimum atomic E-state index is -1.58. The number of aryl methyl sites for hydroxylation is 1. The van der Waals surface area contributed by atoms with Crippen LogP contribution in [-0.4, -0.2) is 45.2 Å². The Morgan fingerprint density at radius 2 is 2.06 bits per heavy atom. The van der Waals surface area contributed by atoms with E-state index < -0.39 is 44.4 Å². The standard InChI is InChI=1S/C22H27FN3O5P/c1-3-16-19(17(23)21(29-16)25-12-13(2)20(27)24-22(25)28)31-32-26-11-7-10-15(26)18(30-32)14-8-5-4-6-9-14/h4-6,8-9,12,15-19,21H,3,7,10-11H2,1-2H3,(H,24,27,28)/t15-,16+,17-,18+,19?,21+,32+/m0/s1. The molecule has 0 aliphatic carbocycles. The van der Waals surface area contributed by atoms with Gasteiger partial charge >= 0.3 is 5.69 Å². The van der Waals surface area contributed by atoms with Crippen molar-refractivity contribution in [2.75, 3.05) is 6.54 Å². The second kappa shape index (κ2) is 8.80. The van der Waals surface area contributed by atoms with Crippen LogP contribution in [0.25, 0.3) is 0 Å². The van der Waals surface area contributed by atoms with Gasteiger partial charge in [0.1, 0.15) is 12.2 Å². The van der Waals surface area contributed by atoms with E-state index >= 15 is 4.39 Å². The fourth-order valence-corrected chi connectivity index (χ4v) is 6.77. The van der Waals surface area contributed by atoms with Gasteiger partial charge in [-0.05, 0) is 31.7 Å². The molecule has 0 saturated carbocycles.